The normalized spacial score (nSPS) is 18.1. The van der Waals surface area contributed by atoms with Crippen LogP contribution in [-0.2, 0) is 6.61 Å². The SMILES string of the molecule is O=C(O)c1ccccc1C(=O)N1CCC(CN2CCC(Oc3ccc(CO)c(Cl)c3)CC2)CC1. The molecule has 1 amide bonds. The van der Waals surface area contributed by atoms with Crippen LogP contribution in [0, 0.1) is 5.92 Å². The molecular weight excluding hydrogens is 456 g/mol. The van der Waals surface area contributed by atoms with Crippen molar-refractivity contribution in [3.05, 3.63) is 64.2 Å². The average Bonchev–Trinajstić information content (AvgIpc) is 2.85. The zero-order chi connectivity index (χ0) is 24.1. The molecule has 2 fully saturated rings. The van der Waals surface area contributed by atoms with Crippen LogP contribution in [0.5, 0.6) is 5.75 Å². The number of piperidine rings is 2. The first-order chi connectivity index (χ1) is 16.4. The van der Waals surface area contributed by atoms with E-state index in [0.717, 1.165) is 51.1 Å². The summed E-state index contributed by atoms with van der Waals surface area (Å²) in [6.45, 7) is 4.18. The number of carbonyl (C=O) groups excluding carboxylic acids is 1. The average molecular weight is 487 g/mol. The Hall–Kier alpha value is -2.61. The van der Waals surface area contributed by atoms with Crippen molar-refractivity contribution in [2.45, 2.75) is 38.4 Å². The van der Waals surface area contributed by atoms with Gasteiger partial charge in [0, 0.05) is 37.7 Å². The van der Waals surface area contributed by atoms with Crippen LogP contribution in [0.1, 0.15) is 52.0 Å². The summed E-state index contributed by atoms with van der Waals surface area (Å²) in [5, 5.41) is 19.1. The molecule has 182 valence electrons. The van der Waals surface area contributed by atoms with Gasteiger partial charge in [0.2, 0.25) is 0 Å². The Balaban J connectivity index is 1.22. The highest BCUT2D eigenvalue weighted by molar-refractivity contribution is 6.31. The van der Waals surface area contributed by atoms with Gasteiger partial charge in [-0.25, -0.2) is 4.79 Å². The minimum Gasteiger partial charge on any atom is -0.490 e. The number of aliphatic hydroxyl groups is 1. The number of nitrogens with zero attached hydrogens (tertiary/aromatic N) is 2. The first kappa shape index (κ1) is 24.5. The molecule has 0 atom stereocenters. The number of aliphatic hydroxyl groups excluding tert-OH is 1. The summed E-state index contributed by atoms with van der Waals surface area (Å²) >= 11 is 6.17. The van der Waals surface area contributed by atoms with Crippen LogP contribution in [0.3, 0.4) is 0 Å². The van der Waals surface area contributed by atoms with Crippen molar-refractivity contribution < 1.29 is 24.5 Å². The Labute approximate surface area is 204 Å². The summed E-state index contributed by atoms with van der Waals surface area (Å²) in [5.74, 6) is 0.00116. The van der Waals surface area contributed by atoms with Crippen LogP contribution in [0.4, 0.5) is 0 Å². The molecule has 2 aromatic rings. The number of amides is 1. The molecule has 0 aromatic heterocycles. The molecule has 2 heterocycles. The van der Waals surface area contributed by atoms with Gasteiger partial charge in [-0.2, -0.15) is 0 Å². The molecule has 0 bridgehead atoms. The highest BCUT2D eigenvalue weighted by atomic mass is 35.5. The lowest BCUT2D eigenvalue weighted by molar-refractivity contribution is 0.0594. The van der Waals surface area contributed by atoms with E-state index in [4.69, 9.17) is 16.3 Å². The van der Waals surface area contributed by atoms with Gasteiger partial charge in [0.1, 0.15) is 11.9 Å². The molecular formula is C26H31ClN2O5. The molecule has 0 radical (unpaired) electrons. The van der Waals surface area contributed by atoms with Crippen LogP contribution in [0.2, 0.25) is 5.02 Å². The van der Waals surface area contributed by atoms with Gasteiger partial charge in [-0.1, -0.05) is 29.8 Å². The van der Waals surface area contributed by atoms with Crippen LogP contribution < -0.4 is 4.74 Å². The first-order valence-electron chi connectivity index (χ1n) is 11.8. The topological polar surface area (TPSA) is 90.3 Å². The fraction of sp³-hybridized carbons (Fsp3) is 0.462. The van der Waals surface area contributed by atoms with Crippen molar-refractivity contribution in [3.8, 4) is 5.75 Å². The summed E-state index contributed by atoms with van der Waals surface area (Å²) in [6, 6.07) is 11.8. The van der Waals surface area contributed by atoms with E-state index in [2.05, 4.69) is 4.90 Å². The molecule has 8 heteroatoms. The van der Waals surface area contributed by atoms with E-state index in [9.17, 15) is 19.8 Å². The number of ether oxygens (including phenoxy) is 1. The summed E-state index contributed by atoms with van der Waals surface area (Å²) in [4.78, 5) is 28.6. The van der Waals surface area contributed by atoms with Crippen LogP contribution in [-0.4, -0.2) is 70.7 Å². The van der Waals surface area contributed by atoms with E-state index in [1.807, 2.05) is 6.07 Å². The molecule has 4 rings (SSSR count). The van der Waals surface area contributed by atoms with E-state index >= 15 is 0 Å². The number of hydrogen-bond acceptors (Lipinski definition) is 5. The molecule has 0 saturated carbocycles. The second kappa shape index (κ2) is 11.2. The van der Waals surface area contributed by atoms with Gasteiger partial charge in [0.05, 0.1) is 17.7 Å². The van der Waals surface area contributed by atoms with Crippen molar-refractivity contribution in [1.82, 2.24) is 9.80 Å². The molecule has 2 aliphatic heterocycles. The number of rotatable bonds is 7. The Bertz CT molecular complexity index is 1010. The maximum Gasteiger partial charge on any atom is 0.336 e. The van der Waals surface area contributed by atoms with E-state index in [1.165, 1.54) is 6.07 Å². The lowest BCUT2D eigenvalue weighted by atomic mass is 9.94. The van der Waals surface area contributed by atoms with Gasteiger partial charge < -0.3 is 24.7 Å². The predicted molar refractivity (Wildman–Crippen MR) is 129 cm³/mol. The maximum absolute atomic E-state index is 12.9. The third kappa shape index (κ3) is 5.90. The fourth-order valence-electron chi connectivity index (χ4n) is 4.84. The molecule has 0 spiro atoms. The van der Waals surface area contributed by atoms with Gasteiger partial charge in [0.15, 0.2) is 0 Å². The molecule has 0 unspecified atom stereocenters. The molecule has 0 aliphatic carbocycles. The number of hydrogen-bond donors (Lipinski definition) is 2. The number of carbonyl (C=O) groups is 2. The maximum atomic E-state index is 12.9. The van der Waals surface area contributed by atoms with Gasteiger partial charge in [-0.15, -0.1) is 0 Å². The van der Waals surface area contributed by atoms with Crippen molar-refractivity contribution in [2.75, 3.05) is 32.7 Å². The molecule has 2 saturated heterocycles. The number of halogens is 1. The third-order valence-electron chi connectivity index (χ3n) is 6.84. The minimum absolute atomic E-state index is 0.0614. The second-order valence-corrected chi connectivity index (χ2v) is 9.52. The summed E-state index contributed by atoms with van der Waals surface area (Å²) in [6.07, 6.45) is 3.90. The van der Waals surface area contributed by atoms with Gasteiger partial charge in [-0.3, -0.25) is 4.79 Å². The number of carboxylic acids is 1. The monoisotopic (exact) mass is 486 g/mol. The lowest BCUT2D eigenvalue weighted by Crippen LogP contribution is -2.44. The fourth-order valence-corrected chi connectivity index (χ4v) is 5.07. The van der Waals surface area contributed by atoms with E-state index in [1.54, 1.807) is 35.2 Å². The Morgan fingerprint density at radius 3 is 2.26 bits per heavy atom. The largest absolute Gasteiger partial charge is 0.490 e. The quantitative estimate of drug-likeness (QED) is 0.616. The number of aromatic carboxylic acids is 1. The molecule has 7 nitrogen and oxygen atoms in total. The lowest BCUT2D eigenvalue weighted by Gasteiger charge is -2.37. The molecule has 34 heavy (non-hydrogen) atoms. The van der Waals surface area contributed by atoms with Gasteiger partial charge in [0.25, 0.3) is 5.91 Å². The van der Waals surface area contributed by atoms with E-state index < -0.39 is 5.97 Å². The Kier molecular flexibility index (Phi) is 8.08. The molecule has 2 aromatic carbocycles. The second-order valence-electron chi connectivity index (χ2n) is 9.12. The highest BCUT2D eigenvalue weighted by Gasteiger charge is 2.28. The van der Waals surface area contributed by atoms with Crippen molar-refractivity contribution in [3.63, 3.8) is 0 Å². The number of carboxylic acid groups (broad SMARTS) is 1. The van der Waals surface area contributed by atoms with Crippen LogP contribution in [0.15, 0.2) is 42.5 Å². The highest BCUT2D eigenvalue weighted by Crippen LogP contribution is 2.27. The zero-order valence-corrected chi connectivity index (χ0v) is 19.9. The van der Waals surface area contributed by atoms with E-state index in [-0.39, 0.29) is 29.7 Å². The van der Waals surface area contributed by atoms with Crippen LogP contribution in [0.25, 0.3) is 0 Å². The van der Waals surface area contributed by atoms with Gasteiger partial charge in [-0.05, 0) is 61.4 Å². The standard InChI is InChI=1S/C26H31ClN2O5/c27-24-15-21(6-5-19(24)17-30)34-20-9-11-28(12-10-20)16-18-7-13-29(14-8-18)25(31)22-3-1-2-4-23(22)26(32)33/h1-6,15,18,20,30H,7-14,16-17H2,(H,32,33). The van der Waals surface area contributed by atoms with Gasteiger partial charge >= 0.3 is 5.97 Å². The molecule has 2 aliphatic rings. The van der Waals surface area contributed by atoms with Crippen LogP contribution >= 0.6 is 11.6 Å². The smallest absolute Gasteiger partial charge is 0.336 e. The summed E-state index contributed by atoms with van der Waals surface area (Å²) < 4.78 is 6.10. The third-order valence-corrected chi connectivity index (χ3v) is 7.19. The number of benzene rings is 2. The zero-order valence-electron chi connectivity index (χ0n) is 19.2. The first-order valence-corrected chi connectivity index (χ1v) is 12.2. The van der Waals surface area contributed by atoms with Crippen molar-refractivity contribution >= 4 is 23.5 Å². The van der Waals surface area contributed by atoms with Crippen molar-refractivity contribution in [2.24, 2.45) is 5.92 Å². The minimum atomic E-state index is -1.07. The number of likely N-dealkylation sites (tertiary alicyclic amines) is 2. The predicted octanol–water partition coefficient (Wildman–Crippen LogP) is 3.93. The molecule has 2 N–H and O–H groups in total. The summed E-state index contributed by atoms with van der Waals surface area (Å²) in [5.41, 5.74) is 1.02. The Morgan fingerprint density at radius 2 is 1.65 bits per heavy atom. The van der Waals surface area contributed by atoms with E-state index in [0.29, 0.717) is 29.6 Å². The van der Waals surface area contributed by atoms with Crippen molar-refractivity contribution in [1.29, 1.82) is 0 Å². The summed E-state index contributed by atoms with van der Waals surface area (Å²) in [7, 11) is 0. The Morgan fingerprint density at radius 1 is 0.971 bits per heavy atom.